The molecule has 0 fully saturated rings. The van der Waals surface area contributed by atoms with Crippen molar-refractivity contribution in [3.8, 4) is 0 Å². The maximum Gasteiger partial charge on any atom is 0.416 e. The number of rotatable bonds is 6. The number of nitrogens with one attached hydrogen (secondary N) is 1. The van der Waals surface area contributed by atoms with Gasteiger partial charge in [-0.3, -0.25) is 4.72 Å². The van der Waals surface area contributed by atoms with E-state index in [9.17, 15) is 34.8 Å². The molecule has 0 unspecified atom stereocenters. The molecule has 0 saturated carbocycles. The number of halogens is 6. The Morgan fingerprint density at radius 2 is 1.55 bits per heavy atom. The highest BCUT2D eigenvalue weighted by atomic mass is 32.2. The van der Waals surface area contributed by atoms with E-state index in [4.69, 9.17) is 4.74 Å². The van der Waals surface area contributed by atoms with Crippen molar-refractivity contribution >= 4 is 15.8 Å². The van der Waals surface area contributed by atoms with Gasteiger partial charge in [0.25, 0.3) is 10.0 Å². The Kier molecular flexibility index (Phi) is 6.48. The zero-order chi connectivity index (χ0) is 22.0. The molecule has 5 nitrogen and oxygen atoms in total. The Labute approximate surface area is 162 Å². The van der Waals surface area contributed by atoms with Crippen LogP contribution in [0.1, 0.15) is 29.3 Å². The van der Waals surface area contributed by atoms with Gasteiger partial charge in [-0.25, -0.2) is 13.4 Å². The highest BCUT2D eigenvalue weighted by Crippen LogP contribution is 2.37. The van der Waals surface area contributed by atoms with E-state index < -0.39 is 38.4 Å². The van der Waals surface area contributed by atoms with Crippen molar-refractivity contribution in [1.82, 2.24) is 4.98 Å². The number of pyridine rings is 1. The molecule has 12 heteroatoms. The van der Waals surface area contributed by atoms with Gasteiger partial charge in [-0.1, -0.05) is 6.07 Å². The van der Waals surface area contributed by atoms with Crippen LogP contribution in [-0.2, 0) is 33.7 Å². The lowest BCUT2D eigenvalue weighted by Gasteiger charge is -2.15. The lowest BCUT2D eigenvalue weighted by molar-refractivity contribution is -0.143. The summed E-state index contributed by atoms with van der Waals surface area (Å²) in [6, 6.07) is 2.84. The molecule has 0 spiro atoms. The molecule has 1 heterocycles. The minimum Gasteiger partial charge on any atom is -0.377 e. The van der Waals surface area contributed by atoms with Crippen LogP contribution in [0.15, 0.2) is 35.2 Å². The highest BCUT2D eigenvalue weighted by Gasteiger charge is 2.38. The van der Waals surface area contributed by atoms with Gasteiger partial charge in [-0.2, -0.15) is 26.3 Å². The summed E-state index contributed by atoms with van der Waals surface area (Å²) >= 11 is 0. The van der Waals surface area contributed by atoms with E-state index in [0.717, 1.165) is 0 Å². The van der Waals surface area contributed by atoms with Crippen molar-refractivity contribution in [2.45, 2.75) is 37.7 Å². The van der Waals surface area contributed by atoms with E-state index in [-0.39, 0.29) is 30.6 Å². The Morgan fingerprint density at radius 3 is 2.00 bits per heavy atom. The fraction of sp³-hybridized carbons (Fsp3) is 0.353. The van der Waals surface area contributed by atoms with Gasteiger partial charge in [0.1, 0.15) is 5.82 Å². The molecule has 0 aliphatic rings. The van der Waals surface area contributed by atoms with Gasteiger partial charge in [0.2, 0.25) is 0 Å². The predicted octanol–water partition coefficient (Wildman–Crippen LogP) is 4.76. The highest BCUT2D eigenvalue weighted by molar-refractivity contribution is 7.92. The van der Waals surface area contributed by atoms with Gasteiger partial charge in [0.15, 0.2) is 0 Å². The Balaban J connectivity index is 2.44. The monoisotopic (exact) mass is 442 g/mol. The predicted molar refractivity (Wildman–Crippen MR) is 91.6 cm³/mol. The van der Waals surface area contributed by atoms with E-state index in [1.165, 1.54) is 12.1 Å². The lowest BCUT2D eigenvalue weighted by atomic mass is 10.1. The zero-order valence-electron chi connectivity index (χ0n) is 15.1. The summed E-state index contributed by atoms with van der Waals surface area (Å²) in [6.07, 6.45) is -10.3. The van der Waals surface area contributed by atoms with Crippen molar-refractivity contribution in [2.24, 2.45) is 0 Å². The van der Waals surface area contributed by atoms with Crippen molar-refractivity contribution in [1.29, 1.82) is 0 Å². The molecule has 2 aromatic rings. The minimum absolute atomic E-state index is 0.133. The Hall–Kier alpha value is -2.34. The molecule has 0 radical (unpaired) electrons. The van der Waals surface area contributed by atoms with Gasteiger partial charge in [-0.05, 0) is 43.7 Å². The van der Waals surface area contributed by atoms with Gasteiger partial charge in [0, 0.05) is 12.3 Å². The van der Waals surface area contributed by atoms with E-state index in [1.807, 2.05) is 4.72 Å². The van der Waals surface area contributed by atoms with Crippen LogP contribution in [0.5, 0.6) is 0 Å². The van der Waals surface area contributed by atoms with Crippen LogP contribution in [0, 0.1) is 6.92 Å². The molecule has 160 valence electrons. The van der Waals surface area contributed by atoms with Crippen LogP contribution < -0.4 is 4.72 Å². The first-order chi connectivity index (χ1) is 13.2. The number of nitrogens with zero attached hydrogens (tertiary/aromatic N) is 1. The average molecular weight is 442 g/mol. The van der Waals surface area contributed by atoms with Crippen LogP contribution in [0.3, 0.4) is 0 Å². The zero-order valence-corrected chi connectivity index (χ0v) is 16.0. The molecule has 0 aliphatic heterocycles. The van der Waals surface area contributed by atoms with Crippen LogP contribution >= 0.6 is 0 Å². The molecule has 29 heavy (non-hydrogen) atoms. The van der Waals surface area contributed by atoms with Gasteiger partial charge in [0.05, 0.1) is 22.6 Å². The van der Waals surface area contributed by atoms with Crippen molar-refractivity contribution in [3.05, 3.63) is 52.7 Å². The van der Waals surface area contributed by atoms with E-state index >= 15 is 0 Å². The number of alkyl halides is 6. The van der Waals surface area contributed by atoms with Crippen LogP contribution in [0.25, 0.3) is 0 Å². The second-order valence-corrected chi connectivity index (χ2v) is 7.61. The number of aromatic nitrogens is 1. The topological polar surface area (TPSA) is 68.3 Å². The maximum absolute atomic E-state index is 12.9. The SMILES string of the molecule is CCOCc1ccc(NS(=O)(=O)c2cc(C(F)(F)F)cc(C(F)(F)F)c2)nc1C. The maximum atomic E-state index is 12.9. The summed E-state index contributed by atoms with van der Waals surface area (Å²) in [7, 11) is -4.77. The standard InChI is InChI=1S/C17H16F6N2O3S/c1-3-28-9-11-4-5-15(24-10(11)2)25-29(26,27)14-7-12(16(18,19)20)6-13(8-14)17(21,22)23/h4-8H,3,9H2,1-2H3,(H,24,25). The summed E-state index contributed by atoms with van der Waals surface area (Å²) in [6.45, 7) is 3.98. The molecular weight excluding hydrogens is 426 g/mol. The number of aryl methyl sites for hydroxylation is 1. The molecule has 1 N–H and O–H groups in total. The number of hydrogen-bond donors (Lipinski definition) is 1. The van der Waals surface area contributed by atoms with Gasteiger partial charge < -0.3 is 4.74 Å². The van der Waals surface area contributed by atoms with E-state index in [1.54, 1.807) is 13.8 Å². The number of anilines is 1. The number of sulfonamides is 1. The molecule has 0 amide bonds. The number of ether oxygens (including phenoxy) is 1. The fourth-order valence-electron chi connectivity index (χ4n) is 2.29. The molecular formula is C17H16F6N2O3S. The second kappa shape index (κ2) is 8.19. The summed E-state index contributed by atoms with van der Waals surface area (Å²) < 4.78 is 110. The largest absolute Gasteiger partial charge is 0.416 e. The first-order valence-electron chi connectivity index (χ1n) is 8.10. The third kappa shape index (κ3) is 5.82. The van der Waals surface area contributed by atoms with Crippen LogP contribution in [-0.4, -0.2) is 20.0 Å². The molecule has 2 rings (SSSR count). The summed E-state index contributed by atoms with van der Waals surface area (Å²) in [4.78, 5) is 2.78. The minimum atomic E-state index is -5.17. The number of benzene rings is 1. The third-order valence-electron chi connectivity index (χ3n) is 3.77. The summed E-state index contributed by atoms with van der Waals surface area (Å²) in [5.74, 6) is -0.256. The molecule has 0 saturated heterocycles. The molecule has 0 atom stereocenters. The second-order valence-electron chi connectivity index (χ2n) is 5.93. The van der Waals surface area contributed by atoms with E-state index in [2.05, 4.69) is 4.98 Å². The first-order valence-corrected chi connectivity index (χ1v) is 9.59. The van der Waals surface area contributed by atoms with E-state index in [0.29, 0.717) is 17.9 Å². The molecule has 0 bridgehead atoms. The van der Waals surface area contributed by atoms with Crippen molar-refractivity contribution < 1.29 is 39.5 Å². The smallest absolute Gasteiger partial charge is 0.377 e. The first kappa shape index (κ1) is 22.9. The van der Waals surface area contributed by atoms with Crippen LogP contribution in [0.4, 0.5) is 32.2 Å². The third-order valence-corrected chi connectivity index (χ3v) is 5.10. The summed E-state index contributed by atoms with van der Waals surface area (Å²) in [5, 5.41) is 0. The molecule has 1 aromatic carbocycles. The Bertz CT molecular complexity index is 955. The molecule has 1 aromatic heterocycles. The average Bonchev–Trinajstić information content (AvgIpc) is 2.59. The van der Waals surface area contributed by atoms with Gasteiger partial charge >= 0.3 is 12.4 Å². The number of hydrogen-bond acceptors (Lipinski definition) is 4. The van der Waals surface area contributed by atoms with Crippen molar-refractivity contribution in [3.63, 3.8) is 0 Å². The van der Waals surface area contributed by atoms with Gasteiger partial charge in [-0.15, -0.1) is 0 Å². The fourth-order valence-corrected chi connectivity index (χ4v) is 3.36. The van der Waals surface area contributed by atoms with Crippen molar-refractivity contribution in [2.75, 3.05) is 11.3 Å². The summed E-state index contributed by atoms with van der Waals surface area (Å²) in [5.41, 5.74) is -2.43. The lowest BCUT2D eigenvalue weighted by Crippen LogP contribution is -2.18. The quantitative estimate of drug-likeness (QED) is 0.655. The molecule has 0 aliphatic carbocycles. The Morgan fingerprint density at radius 1 is 1.00 bits per heavy atom. The van der Waals surface area contributed by atoms with Crippen LogP contribution in [0.2, 0.25) is 0 Å². The normalized spacial score (nSPS) is 12.8.